The lowest BCUT2D eigenvalue weighted by Crippen LogP contribution is -2.48. The van der Waals surface area contributed by atoms with Crippen LogP contribution in [-0.4, -0.2) is 41.3 Å². The van der Waals surface area contributed by atoms with Gasteiger partial charge in [0.15, 0.2) is 0 Å². The highest BCUT2D eigenvalue weighted by Gasteiger charge is 2.25. The number of likely N-dealkylation sites (tertiary alicyclic amines) is 1. The molecule has 2 atom stereocenters. The zero-order valence-electron chi connectivity index (χ0n) is 12.3. The quantitative estimate of drug-likeness (QED) is 0.574. The van der Waals surface area contributed by atoms with E-state index in [-0.39, 0.29) is 18.2 Å². The van der Waals surface area contributed by atoms with E-state index in [9.17, 15) is 9.90 Å². The molecule has 0 spiro atoms. The Labute approximate surface area is 116 Å². The molecular formula is C15H28N2O2. The van der Waals surface area contributed by atoms with Gasteiger partial charge in [-0.15, -0.1) is 6.58 Å². The zero-order chi connectivity index (χ0) is 14.3. The number of aliphatic hydroxyl groups is 1. The first-order chi connectivity index (χ1) is 9.04. The maximum atomic E-state index is 12.0. The molecule has 2 amide bonds. The molecule has 1 aliphatic heterocycles. The van der Waals surface area contributed by atoms with Crippen LogP contribution in [0.2, 0.25) is 0 Å². The van der Waals surface area contributed by atoms with Crippen molar-refractivity contribution in [3.63, 3.8) is 0 Å². The van der Waals surface area contributed by atoms with E-state index in [4.69, 9.17) is 0 Å². The first kappa shape index (κ1) is 16.0. The van der Waals surface area contributed by atoms with E-state index in [2.05, 4.69) is 11.9 Å². The molecule has 0 aliphatic carbocycles. The molecule has 2 N–H and O–H groups in total. The molecule has 4 nitrogen and oxygen atoms in total. The average molecular weight is 268 g/mol. The second-order valence-electron chi connectivity index (χ2n) is 5.64. The second-order valence-corrected chi connectivity index (χ2v) is 5.64. The van der Waals surface area contributed by atoms with Crippen LogP contribution in [0.3, 0.4) is 0 Å². The number of urea groups is 1. The van der Waals surface area contributed by atoms with E-state index in [1.165, 1.54) is 0 Å². The van der Waals surface area contributed by atoms with Crippen LogP contribution in [-0.2, 0) is 0 Å². The van der Waals surface area contributed by atoms with E-state index in [1.807, 2.05) is 24.8 Å². The lowest BCUT2D eigenvalue weighted by atomic mass is 9.92. The van der Waals surface area contributed by atoms with Gasteiger partial charge in [0.2, 0.25) is 0 Å². The molecule has 19 heavy (non-hydrogen) atoms. The first-order valence-electron chi connectivity index (χ1n) is 7.39. The monoisotopic (exact) mass is 268 g/mol. The van der Waals surface area contributed by atoms with Crippen molar-refractivity contribution in [2.75, 3.05) is 13.1 Å². The number of hydrogen-bond acceptors (Lipinski definition) is 2. The Morgan fingerprint density at radius 3 is 2.63 bits per heavy atom. The SMILES string of the molecule is C=CCCCC(C)NC(=O)N1CCC(C(C)O)CC1. The van der Waals surface area contributed by atoms with E-state index < -0.39 is 0 Å². The van der Waals surface area contributed by atoms with Gasteiger partial charge in [0.25, 0.3) is 0 Å². The molecule has 1 fully saturated rings. The summed E-state index contributed by atoms with van der Waals surface area (Å²) in [6, 6.07) is 0.247. The number of piperidine rings is 1. The maximum Gasteiger partial charge on any atom is 0.317 e. The van der Waals surface area contributed by atoms with Gasteiger partial charge in [0.05, 0.1) is 6.10 Å². The van der Waals surface area contributed by atoms with Gasteiger partial charge in [-0.1, -0.05) is 6.08 Å². The number of allylic oxidation sites excluding steroid dienone is 1. The summed E-state index contributed by atoms with van der Waals surface area (Å²) < 4.78 is 0. The maximum absolute atomic E-state index is 12.0. The van der Waals surface area contributed by atoms with Gasteiger partial charge in [0, 0.05) is 19.1 Å². The summed E-state index contributed by atoms with van der Waals surface area (Å²) in [5.74, 6) is 0.342. The van der Waals surface area contributed by atoms with E-state index in [0.29, 0.717) is 5.92 Å². The highest BCUT2D eigenvalue weighted by molar-refractivity contribution is 5.74. The number of nitrogens with one attached hydrogen (secondary N) is 1. The van der Waals surface area contributed by atoms with Crippen LogP contribution in [0.4, 0.5) is 4.79 Å². The molecule has 0 aromatic heterocycles. The molecule has 0 saturated carbocycles. The fourth-order valence-corrected chi connectivity index (χ4v) is 2.53. The topological polar surface area (TPSA) is 52.6 Å². The number of hydrogen-bond donors (Lipinski definition) is 2. The van der Waals surface area contributed by atoms with Crippen molar-refractivity contribution in [2.24, 2.45) is 5.92 Å². The average Bonchev–Trinajstić information content (AvgIpc) is 2.39. The van der Waals surface area contributed by atoms with Crippen molar-refractivity contribution < 1.29 is 9.90 Å². The molecule has 0 aromatic carbocycles. The number of carbonyl (C=O) groups is 1. The number of carbonyl (C=O) groups excluding carboxylic acids is 1. The van der Waals surface area contributed by atoms with Crippen molar-refractivity contribution in [3.05, 3.63) is 12.7 Å². The number of unbranched alkanes of at least 4 members (excludes halogenated alkanes) is 1. The summed E-state index contributed by atoms with van der Waals surface area (Å²) in [6.07, 6.45) is 6.50. The summed E-state index contributed by atoms with van der Waals surface area (Å²) in [7, 11) is 0. The largest absolute Gasteiger partial charge is 0.393 e. The van der Waals surface area contributed by atoms with E-state index in [1.54, 1.807) is 0 Å². The highest BCUT2D eigenvalue weighted by Crippen LogP contribution is 2.20. The van der Waals surface area contributed by atoms with Gasteiger partial charge in [-0.25, -0.2) is 4.79 Å². The third-order valence-electron chi connectivity index (χ3n) is 3.92. The van der Waals surface area contributed by atoms with Crippen LogP contribution >= 0.6 is 0 Å². The molecule has 1 heterocycles. The molecule has 0 radical (unpaired) electrons. The third kappa shape index (κ3) is 5.64. The number of amides is 2. The fraction of sp³-hybridized carbons (Fsp3) is 0.800. The Balaban J connectivity index is 2.25. The summed E-state index contributed by atoms with van der Waals surface area (Å²) >= 11 is 0. The number of rotatable bonds is 6. The molecular weight excluding hydrogens is 240 g/mol. The minimum atomic E-state index is -0.261. The molecule has 0 bridgehead atoms. The highest BCUT2D eigenvalue weighted by atomic mass is 16.3. The van der Waals surface area contributed by atoms with Gasteiger partial charge in [-0.3, -0.25) is 0 Å². The first-order valence-corrected chi connectivity index (χ1v) is 7.39. The molecule has 1 aliphatic rings. The Bertz CT molecular complexity index is 284. The van der Waals surface area contributed by atoms with Gasteiger partial charge < -0.3 is 15.3 Å². The van der Waals surface area contributed by atoms with Crippen LogP contribution in [0.1, 0.15) is 46.0 Å². The smallest absolute Gasteiger partial charge is 0.317 e. The van der Waals surface area contributed by atoms with Gasteiger partial charge in [-0.2, -0.15) is 0 Å². The molecule has 1 saturated heterocycles. The Morgan fingerprint density at radius 1 is 1.47 bits per heavy atom. The van der Waals surface area contributed by atoms with Gasteiger partial charge in [-0.05, 0) is 51.9 Å². The Kier molecular flexibility index (Phi) is 6.92. The van der Waals surface area contributed by atoms with Crippen molar-refractivity contribution in [1.82, 2.24) is 10.2 Å². The summed E-state index contributed by atoms with van der Waals surface area (Å²) in [5, 5.41) is 12.6. The van der Waals surface area contributed by atoms with Crippen LogP contribution in [0.5, 0.6) is 0 Å². The minimum absolute atomic E-state index is 0.0372. The van der Waals surface area contributed by atoms with Gasteiger partial charge >= 0.3 is 6.03 Å². The van der Waals surface area contributed by atoms with Crippen LogP contribution < -0.4 is 5.32 Å². The summed E-state index contributed by atoms with van der Waals surface area (Å²) in [5.41, 5.74) is 0. The predicted molar refractivity (Wildman–Crippen MR) is 78.0 cm³/mol. The Hall–Kier alpha value is -1.03. The van der Waals surface area contributed by atoms with Crippen molar-refractivity contribution in [1.29, 1.82) is 0 Å². The van der Waals surface area contributed by atoms with Crippen LogP contribution in [0, 0.1) is 5.92 Å². The molecule has 4 heteroatoms. The Morgan fingerprint density at radius 2 is 2.11 bits per heavy atom. The van der Waals surface area contributed by atoms with E-state index >= 15 is 0 Å². The van der Waals surface area contributed by atoms with Gasteiger partial charge in [0.1, 0.15) is 0 Å². The molecule has 1 rings (SSSR count). The molecule has 2 unspecified atom stereocenters. The lowest BCUT2D eigenvalue weighted by molar-refractivity contribution is 0.0793. The number of nitrogens with zero attached hydrogens (tertiary/aromatic N) is 1. The summed E-state index contributed by atoms with van der Waals surface area (Å²) in [6.45, 7) is 9.08. The molecule has 0 aromatic rings. The standard InChI is InChI=1S/C15H28N2O2/c1-4-5-6-7-12(2)16-15(19)17-10-8-14(9-11-17)13(3)18/h4,12-14,18H,1,5-11H2,2-3H3,(H,16,19). The van der Waals surface area contributed by atoms with Crippen LogP contribution in [0.25, 0.3) is 0 Å². The van der Waals surface area contributed by atoms with Crippen molar-refractivity contribution >= 4 is 6.03 Å². The zero-order valence-corrected chi connectivity index (χ0v) is 12.3. The number of aliphatic hydroxyl groups excluding tert-OH is 1. The fourth-order valence-electron chi connectivity index (χ4n) is 2.53. The van der Waals surface area contributed by atoms with Crippen molar-refractivity contribution in [2.45, 2.75) is 58.1 Å². The third-order valence-corrected chi connectivity index (χ3v) is 3.92. The van der Waals surface area contributed by atoms with E-state index in [0.717, 1.165) is 45.2 Å². The lowest BCUT2D eigenvalue weighted by Gasteiger charge is -2.34. The predicted octanol–water partition coefficient (Wildman–Crippen LogP) is 2.53. The molecule has 110 valence electrons. The normalized spacial score (nSPS) is 19.8. The minimum Gasteiger partial charge on any atom is -0.393 e. The van der Waals surface area contributed by atoms with Crippen LogP contribution in [0.15, 0.2) is 12.7 Å². The summed E-state index contributed by atoms with van der Waals surface area (Å²) in [4.78, 5) is 13.9. The van der Waals surface area contributed by atoms with Crippen molar-refractivity contribution in [3.8, 4) is 0 Å². The second kappa shape index (κ2) is 8.20.